The van der Waals surface area contributed by atoms with Crippen LogP contribution in [0.4, 0.5) is 11.6 Å². The van der Waals surface area contributed by atoms with Gasteiger partial charge in [0.1, 0.15) is 11.6 Å². The summed E-state index contributed by atoms with van der Waals surface area (Å²) >= 11 is 0. The highest BCUT2D eigenvalue weighted by Gasteiger charge is 2.07. The first-order chi connectivity index (χ1) is 15.2. The lowest BCUT2D eigenvalue weighted by Crippen LogP contribution is -2.01. The molecule has 5 rings (SSSR count). The molecule has 0 saturated carbocycles. The van der Waals surface area contributed by atoms with Crippen LogP contribution in [0.5, 0.6) is 0 Å². The molecule has 8 heteroatoms. The second-order valence-electron chi connectivity index (χ2n) is 7.06. The van der Waals surface area contributed by atoms with Crippen molar-refractivity contribution in [3.05, 3.63) is 90.9 Å². The van der Waals surface area contributed by atoms with Crippen LogP contribution in [0.3, 0.4) is 0 Å². The standard InChI is InChI=1S/C23H20N8/c1-16-26-17(2)31(29-16)20-9-7-19(8-10-20)27-23-24-13-11-22(28-23)18-5-3-6-21(15-18)30-14-4-12-25-30/h3-15H,1-2H3,(H,24,27,28). The minimum Gasteiger partial charge on any atom is -0.324 e. The monoisotopic (exact) mass is 408 g/mol. The lowest BCUT2D eigenvalue weighted by Gasteiger charge is -2.09. The fourth-order valence-electron chi connectivity index (χ4n) is 3.39. The quantitative estimate of drug-likeness (QED) is 0.467. The SMILES string of the molecule is Cc1nc(C)n(-c2ccc(Nc3nccc(-c4cccc(-n5cccn5)c4)n3)cc2)n1. The molecule has 0 amide bonds. The van der Waals surface area contributed by atoms with Gasteiger partial charge in [-0.05, 0) is 62.4 Å². The van der Waals surface area contributed by atoms with Crippen molar-refractivity contribution in [1.82, 2.24) is 34.5 Å². The van der Waals surface area contributed by atoms with Gasteiger partial charge in [0.15, 0.2) is 0 Å². The number of hydrogen-bond acceptors (Lipinski definition) is 6. The predicted molar refractivity (Wildman–Crippen MR) is 119 cm³/mol. The molecule has 2 aromatic carbocycles. The average molecular weight is 408 g/mol. The summed E-state index contributed by atoms with van der Waals surface area (Å²) < 4.78 is 3.65. The van der Waals surface area contributed by atoms with Crippen molar-refractivity contribution < 1.29 is 0 Å². The normalized spacial score (nSPS) is 10.9. The van der Waals surface area contributed by atoms with E-state index < -0.39 is 0 Å². The van der Waals surface area contributed by atoms with Crippen LogP contribution in [-0.4, -0.2) is 34.5 Å². The molecule has 3 aromatic heterocycles. The summed E-state index contributed by atoms with van der Waals surface area (Å²) in [4.78, 5) is 13.4. The third-order valence-corrected chi connectivity index (χ3v) is 4.81. The summed E-state index contributed by atoms with van der Waals surface area (Å²) in [6.45, 7) is 3.82. The third-order valence-electron chi connectivity index (χ3n) is 4.81. The summed E-state index contributed by atoms with van der Waals surface area (Å²) in [7, 11) is 0. The van der Waals surface area contributed by atoms with E-state index in [4.69, 9.17) is 0 Å². The molecule has 1 N–H and O–H groups in total. The number of rotatable bonds is 5. The molecule has 0 bridgehead atoms. The molecule has 0 atom stereocenters. The Morgan fingerprint density at radius 1 is 0.839 bits per heavy atom. The van der Waals surface area contributed by atoms with Crippen molar-refractivity contribution in [3.63, 3.8) is 0 Å². The van der Waals surface area contributed by atoms with Gasteiger partial charge in [0.2, 0.25) is 5.95 Å². The van der Waals surface area contributed by atoms with Gasteiger partial charge in [-0.2, -0.15) is 10.2 Å². The van der Waals surface area contributed by atoms with E-state index in [1.165, 1.54) is 0 Å². The molecule has 31 heavy (non-hydrogen) atoms. The highest BCUT2D eigenvalue weighted by Crippen LogP contribution is 2.22. The molecule has 0 aliphatic carbocycles. The molecule has 0 aliphatic heterocycles. The first-order valence-electron chi connectivity index (χ1n) is 9.87. The number of hydrogen-bond donors (Lipinski definition) is 1. The number of benzene rings is 2. The zero-order chi connectivity index (χ0) is 21.2. The van der Waals surface area contributed by atoms with Crippen LogP contribution in [0.15, 0.2) is 79.3 Å². The molecule has 0 fully saturated rings. The van der Waals surface area contributed by atoms with Gasteiger partial charge in [0, 0.05) is 29.8 Å². The lowest BCUT2D eigenvalue weighted by molar-refractivity contribution is 0.831. The summed E-state index contributed by atoms with van der Waals surface area (Å²) in [6, 6.07) is 19.8. The van der Waals surface area contributed by atoms with E-state index in [-0.39, 0.29) is 0 Å². The van der Waals surface area contributed by atoms with E-state index in [2.05, 4.69) is 36.5 Å². The Hall–Kier alpha value is -4.33. The average Bonchev–Trinajstić information content (AvgIpc) is 3.44. The van der Waals surface area contributed by atoms with E-state index >= 15 is 0 Å². The lowest BCUT2D eigenvalue weighted by atomic mass is 10.1. The minimum atomic E-state index is 0.530. The number of nitrogens with zero attached hydrogens (tertiary/aromatic N) is 7. The summed E-state index contributed by atoms with van der Waals surface area (Å²) in [5.41, 5.74) is 4.64. The maximum absolute atomic E-state index is 4.68. The number of nitrogens with one attached hydrogen (secondary N) is 1. The van der Waals surface area contributed by atoms with E-state index in [0.29, 0.717) is 5.95 Å². The van der Waals surface area contributed by atoms with Gasteiger partial charge >= 0.3 is 0 Å². The van der Waals surface area contributed by atoms with Gasteiger partial charge in [0.05, 0.1) is 17.1 Å². The highest BCUT2D eigenvalue weighted by atomic mass is 15.3. The Morgan fingerprint density at radius 2 is 1.71 bits per heavy atom. The molecule has 0 saturated heterocycles. The highest BCUT2D eigenvalue weighted by molar-refractivity contribution is 5.64. The number of anilines is 2. The Balaban J connectivity index is 1.37. The number of aryl methyl sites for hydroxylation is 2. The Labute approximate surface area is 179 Å². The van der Waals surface area contributed by atoms with Gasteiger partial charge < -0.3 is 5.32 Å². The predicted octanol–water partition coefficient (Wildman–Crippen LogP) is 4.27. The second kappa shape index (κ2) is 7.83. The third kappa shape index (κ3) is 3.91. The smallest absolute Gasteiger partial charge is 0.227 e. The summed E-state index contributed by atoms with van der Waals surface area (Å²) in [5.74, 6) is 2.13. The van der Waals surface area contributed by atoms with Crippen LogP contribution in [-0.2, 0) is 0 Å². The first-order valence-corrected chi connectivity index (χ1v) is 9.87. The van der Waals surface area contributed by atoms with Crippen molar-refractivity contribution in [2.24, 2.45) is 0 Å². The summed E-state index contributed by atoms with van der Waals surface area (Å²) in [6.07, 6.45) is 5.43. The van der Waals surface area contributed by atoms with Gasteiger partial charge in [-0.1, -0.05) is 12.1 Å². The van der Waals surface area contributed by atoms with Crippen LogP contribution in [0, 0.1) is 13.8 Å². The zero-order valence-electron chi connectivity index (χ0n) is 17.1. The van der Waals surface area contributed by atoms with E-state index in [0.717, 1.165) is 40.0 Å². The molecular formula is C23H20N8. The topological polar surface area (TPSA) is 86.3 Å². The maximum atomic E-state index is 4.68. The Morgan fingerprint density at radius 3 is 2.45 bits per heavy atom. The summed E-state index contributed by atoms with van der Waals surface area (Å²) in [5, 5.41) is 12.0. The number of aromatic nitrogens is 7. The fraction of sp³-hybridized carbons (Fsp3) is 0.0870. The molecule has 152 valence electrons. The minimum absolute atomic E-state index is 0.530. The van der Waals surface area contributed by atoms with Crippen LogP contribution < -0.4 is 5.32 Å². The molecule has 0 radical (unpaired) electrons. The van der Waals surface area contributed by atoms with Crippen LogP contribution in [0.1, 0.15) is 11.6 Å². The van der Waals surface area contributed by atoms with Gasteiger partial charge in [0.25, 0.3) is 0 Å². The maximum Gasteiger partial charge on any atom is 0.227 e. The van der Waals surface area contributed by atoms with Crippen molar-refractivity contribution in [2.75, 3.05) is 5.32 Å². The fourth-order valence-corrected chi connectivity index (χ4v) is 3.39. The van der Waals surface area contributed by atoms with Crippen molar-refractivity contribution in [2.45, 2.75) is 13.8 Å². The van der Waals surface area contributed by atoms with Crippen LogP contribution in [0.25, 0.3) is 22.6 Å². The van der Waals surface area contributed by atoms with E-state index in [9.17, 15) is 0 Å². The molecule has 0 spiro atoms. The molecule has 0 unspecified atom stereocenters. The van der Waals surface area contributed by atoms with Gasteiger partial charge in [-0.25, -0.2) is 24.3 Å². The molecule has 3 heterocycles. The van der Waals surface area contributed by atoms with Crippen molar-refractivity contribution in [3.8, 4) is 22.6 Å². The zero-order valence-corrected chi connectivity index (χ0v) is 17.1. The van der Waals surface area contributed by atoms with Gasteiger partial charge in [-0.15, -0.1) is 0 Å². The van der Waals surface area contributed by atoms with Crippen molar-refractivity contribution in [1.29, 1.82) is 0 Å². The Bertz CT molecular complexity index is 1320. The molecular weight excluding hydrogens is 388 g/mol. The molecule has 0 aliphatic rings. The first kappa shape index (κ1) is 18.7. The Kier molecular flexibility index (Phi) is 4.72. The van der Waals surface area contributed by atoms with Gasteiger partial charge in [-0.3, -0.25) is 0 Å². The van der Waals surface area contributed by atoms with E-state index in [1.807, 2.05) is 84.0 Å². The van der Waals surface area contributed by atoms with E-state index in [1.54, 1.807) is 12.4 Å². The molecule has 8 nitrogen and oxygen atoms in total. The largest absolute Gasteiger partial charge is 0.324 e. The van der Waals surface area contributed by atoms with Crippen LogP contribution >= 0.6 is 0 Å². The van der Waals surface area contributed by atoms with Crippen LogP contribution in [0.2, 0.25) is 0 Å². The van der Waals surface area contributed by atoms with Crippen molar-refractivity contribution >= 4 is 11.6 Å². The second-order valence-corrected chi connectivity index (χ2v) is 7.06. The molecule has 5 aromatic rings.